The van der Waals surface area contributed by atoms with E-state index < -0.39 is 5.82 Å². The average molecular weight is 265 g/mol. The molecular formula is C12H12FN3OS. The first-order valence-electron chi connectivity index (χ1n) is 5.31. The summed E-state index contributed by atoms with van der Waals surface area (Å²) in [7, 11) is 0. The van der Waals surface area contributed by atoms with Gasteiger partial charge in [0.15, 0.2) is 0 Å². The Hall–Kier alpha value is -1.95. The maximum atomic E-state index is 13.6. The molecule has 0 spiro atoms. The number of nitrogens with two attached hydrogens (primary N) is 1. The first kappa shape index (κ1) is 12.5. The van der Waals surface area contributed by atoms with Crippen LogP contribution in [-0.2, 0) is 6.54 Å². The molecule has 0 aliphatic carbocycles. The molecule has 6 heteroatoms. The molecule has 0 aliphatic heterocycles. The lowest BCUT2D eigenvalue weighted by Crippen LogP contribution is -2.12. The van der Waals surface area contributed by atoms with Gasteiger partial charge in [0, 0.05) is 11.3 Å². The van der Waals surface area contributed by atoms with Crippen LogP contribution in [0, 0.1) is 12.7 Å². The third-order valence-corrected chi connectivity index (χ3v) is 2.57. The summed E-state index contributed by atoms with van der Waals surface area (Å²) in [6.45, 7) is 2.20. The number of oxazole rings is 1. The van der Waals surface area contributed by atoms with Crippen molar-refractivity contribution in [1.82, 2.24) is 4.98 Å². The Bertz CT molecular complexity index is 582. The summed E-state index contributed by atoms with van der Waals surface area (Å²) in [5.74, 6) is 0.837. The quantitative estimate of drug-likeness (QED) is 0.831. The number of benzene rings is 1. The fourth-order valence-corrected chi connectivity index (χ4v) is 1.65. The highest BCUT2D eigenvalue weighted by atomic mass is 32.1. The highest BCUT2D eigenvalue weighted by Gasteiger charge is 2.06. The second kappa shape index (κ2) is 5.14. The van der Waals surface area contributed by atoms with Crippen molar-refractivity contribution >= 4 is 22.9 Å². The van der Waals surface area contributed by atoms with Crippen LogP contribution in [0.4, 0.5) is 10.1 Å². The average Bonchev–Trinajstić information content (AvgIpc) is 2.72. The molecule has 1 aromatic carbocycles. The fourth-order valence-electron chi connectivity index (χ4n) is 1.49. The van der Waals surface area contributed by atoms with E-state index in [9.17, 15) is 4.39 Å². The summed E-state index contributed by atoms with van der Waals surface area (Å²) in [6, 6.07) is 4.58. The molecule has 0 unspecified atom stereocenters. The van der Waals surface area contributed by atoms with E-state index in [4.69, 9.17) is 22.4 Å². The third-order valence-electron chi connectivity index (χ3n) is 2.35. The predicted octanol–water partition coefficient (Wildman–Crippen LogP) is 2.37. The summed E-state index contributed by atoms with van der Waals surface area (Å²) < 4.78 is 18.9. The fraction of sp³-hybridized carbons (Fsp3) is 0.167. The van der Waals surface area contributed by atoms with Gasteiger partial charge in [0.1, 0.15) is 16.6 Å². The van der Waals surface area contributed by atoms with Gasteiger partial charge >= 0.3 is 0 Å². The van der Waals surface area contributed by atoms with Gasteiger partial charge in [-0.25, -0.2) is 9.37 Å². The zero-order chi connectivity index (χ0) is 13.1. The molecule has 0 amide bonds. The highest BCUT2D eigenvalue weighted by molar-refractivity contribution is 7.80. The Labute approximate surface area is 109 Å². The number of anilines is 1. The SMILES string of the molecule is Cc1cnc(CNc2ccc(C(N)=S)c(F)c2)o1. The molecule has 0 radical (unpaired) electrons. The van der Waals surface area contributed by atoms with E-state index in [1.807, 2.05) is 6.92 Å². The first-order chi connectivity index (χ1) is 8.56. The molecule has 3 N–H and O–H groups in total. The number of halogens is 1. The first-order valence-corrected chi connectivity index (χ1v) is 5.71. The van der Waals surface area contributed by atoms with E-state index in [1.54, 1.807) is 18.3 Å². The number of nitrogens with zero attached hydrogens (tertiary/aromatic N) is 1. The summed E-state index contributed by atoms with van der Waals surface area (Å²) in [5, 5.41) is 3.00. The minimum Gasteiger partial charge on any atom is -0.444 e. The van der Waals surface area contributed by atoms with Crippen molar-refractivity contribution in [3.63, 3.8) is 0 Å². The molecule has 0 aliphatic rings. The van der Waals surface area contributed by atoms with Crippen molar-refractivity contribution in [1.29, 1.82) is 0 Å². The van der Waals surface area contributed by atoms with E-state index in [0.29, 0.717) is 18.1 Å². The smallest absolute Gasteiger partial charge is 0.213 e. The van der Waals surface area contributed by atoms with Gasteiger partial charge in [-0.2, -0.15) is 0 Å². The molecule has 18 heavy (non-hydrogen) atoms. The summed E-state index contributed by atoms with van der Waals surface area (Å²) in [4.78, 5) is 4.08. The lowest BCUT2D eigenvalue weighted by Gasteiger charge is -2.06. The van der Waals surface area contributed by atoms with Crippen molar-refractivity contribution in [2.75, 3.05) is 5.32 Å². The van der Waals surface area contributed by atoms with Crippen molar-refractivity contribution in [2.45, 2.75) is 13.5 Å². The maximum Gasteiger partial charge on any atom is 0.213 e. The predicted molar refractivity (Wildman–Crippen MR) is 70.9 cm³/mol. The van der Waals surface area contributed by atoms with E-state index in [1.165, 1.54) is 6.07 Å². The van der Waals surface area contributed by atoms with Crippen LogP contribution in [-0.4, -0.2) is 9.97 Å². The minimum absolute atomic E-state index is 0.0439. The Balaban J connectivity index is 2.06. The van der Waals surface area contributed by atoms with Crippen LogP contribution in [0.1, 0.15) is 17.2 Å². The maximum absolute atomic E-state index is 13.6. The Morgan fingerprint density at radius 3 is 2.89 bits per heavy atom. The van der Waals surface area contributed by atoms with E-state index in [0.717, 1.165) is 5.76 Å². The van der Waals surface area contributed by atoms with Gasteiger partial charge in [-0.3, -0.25) is 0 Å². The minimum atomic E-state index is -0.448. The molecule has 2 rings (SSSR count). The number of aromatic nitrogens is 1. The number of nitrogens with one attached hydrogen (secondary N) is 1. The monoisotopic (exact) mass is 265 g/mol. The van der Waals surface area contributed by atoms with Gasteiger partial charge in [-0.1, -0.05) is 12.2 Å². The summed E-state index contributed by atoms with van der Waals surface area (Å²) in [5.41, 5.74) is 6.23. The highest BCUT2D eigenvalue weighted by Crippen LogP contribution is 2.15. The largest absolute Gasteiger partial charge is 0.444 e. The van der Waals surface area contributed by atoms with Crippen LogP contribution in [0.2, 0.25) is 0 Å². The zero-order valence-electron chi connectivity index (χ0n) is 9.74. The van der Waals surface area contributed by atoms with E-state index in [2.05, 4.69) is 10.3 Å². The van der Waals surface area contributed by atoms with E-state index >= 15 is 0 Å². The molecule has 94 valence electrons. The standard InChI is InChI=1S/C12H12FN3OS/c1-7-5-16-11(17-7)6-15-8-2-3-9(12(14)18)10(13)4-8/h2-5,15H,6H2,1H3,(H2,14,18). The Morgan fingerprint density at radius 2 is 2.33 bits per heavy atom. The number of rotatable bonds is 4. The molecule has 1 aromatic heterocycles. The normalized spacial score (nSPS) is 10.3. The molecule has 4 nitrogen and oxygen atoms in total. The van der Waals surface area contributed by atoms with Crippen molar-refractivity contribution < 1.29 is 8.81 Å². The zero-order valence-corrected chi connectivity index (χ0v) is 10.6. The molecule has 1 heterocycles. The molecule has 2 aromatic rings. The molecule has 0 saturated carbocycles. The Morgan fingerprint density at radius 1 is 1.56 bits per heavy atom. The van der Waals surface area contributed by atoms with Gasteiger partial charge in [-0.05, 0) is 25.1 Å². The lowest BCUT2D eigenvalue weighted by molar-refractivity contribution is 0.479. The number of thiocarbonyl (C=S) groups is 1. The molecular weight excluding hydrogens is 253 g/mol. The summed E-state index contributed by atoms with van der Waals surface area (Å²) in [6.07, 6.45) is 1.63. The molecule has 0 bridgehead atoms. The van der Waals surface area contributed by atoms with Gasteiger partial charge in [0.25, 0.3) is 0 Å². The molecule has 0 saturated heterocycles. The lowest BCUT2D eigenvalue weighted by atomic mass is 10.2. The van der Waals surface area contributed by atoms with Gasteiger partial charge in [-0.15, -0.1) is 0 Å². The van der Waals surface area contributed by atoms with Crippen LogP contribution in [0.25, 0.3) is 0 Å². The van der Waals surface area contributed by atoms with Gasteiger partial charge < -0.3 is 15.5 Å². The van der Waals surface area contributed by atoms with Crippen LogP contribution < -0.4 is 11.1 Å². The van der Waals surface area contributed by atoms with Crippen molar-refractivity contribution in [3.8, 4) is 0 Å². The van der Waals surface area contributed by atoms with Crippen LogP contribution in [0.5, 0.6) is 0 Å². The topological polar surface area (TPSA) is 64.1 Å². The van der Waals surface area contributed by atoms with Crippen molar-refractivity contribution in [2.24, 2.45) is 5.73 Å². The third kappa shape index (κ3) is 2.84. The van der Waals surface area contributed by atoms with Crippen LogP contribution >= 0.6 is 12.2 Å². The molecule has 0 atom stereocenters. The second-order valence-electron chi connectivity index (χ2n) is 3.78. The Kier molecular flexibility index (Phi) is 3.57. The second-order valence-corrected chi connectivity index (χ2v) is 4.22. The number of hydrogen-bond acceptors (Lipinski definition) is 4. The van der Waals surface area contributed by atoms with Crippen LogP contribution in [0.3, 0.4) is 0 Å². The van der Waals surface area contributed by atoms with Gasteiger partial charge in [0.2, 0.25) is 5.89 Å². The van der Waals surface area contributed by atoms with E-state index in [-0.39, 0.29) is 10.6 Å². The van der Waals surface area contributed by atoms with Crippen molar-refractivity contribution in [3.05, 3.63) is 47.4 Å². The molecule has 0 fully saturated rings. The number of aryl methyl sites for hydroxylation is 1. The summed E-state index contributed by atoms with van der Waals surface area (Å²) >= 11 is 4.73. The van der Waals surface area contributed by atoms with Crippen LogP contribution in [0.15, 0.2) is 28.8 Å². The van der Waals surface area contributed by atoms with Gasteiger partial charge in [0.05, 0.1) is 12.7 Å². The number of hydrogen-bond donors (Lipinski definition) is 2.